The van der Waals surface area contributed by atoms with Crippen LogP contribution >= 0.6 is 0 Å². The molecule has 1 atom stereocenters. The first-order valence-electron chi connectivity index (χ1n) is 12.2. The van der Waals surface area contributed by atoms with Crippen molar-refractivity contribution in [1.82, 2.24) is 4.90 Å². The Morgan fingerprint density at radius 1 is 0.867 bits per heavy atom. The standard InChI is InChI=1S/C25H39N3O2/c1-20(27-18-14-24(15-19-27)30-23-8-4-2-5-9-23)25(29)26-21-10-12-22(13-11-21)28-16-6-3-7-17-28/h10-13,20,23-24H,2-9,14-19H2,1H3,(H,26,29). The number of benzene rings is 1. The molecular formula is C25H39N3O2. The van der Waals surface area contributed by atoms with Crippen LogP contribution in [0.5, 0.6) is 0 Å². The Kier molecular flexibility index (Phi) is 7.67. The van der Waals surface area contributed by atoms with Crippen molar-refractivity contribution in [2.75, 3.05) is 36.4 Å². The summed E-state index contributed by atoms with van der Waals surface area (Å²) in [6.45, 7) is 6.20. The van der Waals surface area contributed by atoms with Crippen molar-refractivity contribution >= 4 is 17.3 Å². The van der Waals surface area contributed by atoms with E-state index >= 15 is 0 Å². The van der Waals surface area contributed by atoms with E-state index in [-0.39, 0.29) is 11.9 Å². The molecule has 2 saturated heterocycles. The zero-order valence-corrected chi connectivity index (χ0v) is 18.7. The second-order valence-electron chi connectivity index (χ2n) is 9.39. The smallest absolute Gasteiger partial charge is 0.241 e. The summed E-state index contributed by atoms with van der Waals surface area (Å²) in [7, 11) is 0. The molecule has 3 fully saturated rings. The Balaban J connectivity index is 1.22. The van der Waals surface area contributed by atoms with E-state index in [1.54, 1.807) is 0 Å². The number of nitrogens with zero attached hydrogens (tertiary/aromatic N) is 2. The van der Waals surface area contributed by atoms with Crippen molar-refractivity contribution < 1.29 is 9.53 Å². The molecule has 0 radical (unpaired) electrons. The van der Waals surface area contributed by atoms with Crippen LogP contribution in [0.2, 0.25) is 0 Å². The normalized spacial score (nSPS) is 23.3. The van der Waals surface area contributed by atoms with E-state index in [0.717, 1.165) is 44.7 Å². The fraction of sp³-hybridized carbons (Fsp3) is 0.720. The molecule has 0 aromatic heterocycles. The number of nitrogens with one attached hydrogen (secondary N) is 1. The van der Waals surface area contributed by atoms with Crippen LogP contribution in [0.15, 0.2) is 24.3 Å². The van der Waals surface area contributed by atoms with E-state index in [1.807, 2.05) is 19.1 Å². The summed E-state index contributed by atoms with van der Waals surface area (Å²) in [6, 6.07) is 8.25. The number of ether oxygens (including phenoxy) is 1. The average molecular weight is 414 g/mol. The molecule has 3 aliphatic rings. The summed E-state index contributed by atoms with van der Waals surface area (Å²) >= 11 is 0. The molecule has 1 aromatic carbocycles. The van der Waals surface area contributed by atoms with Crippen LogP contribution < -0.4 is 10.2 Å². The monoisotopic (exact) mass is 413 g/mol. The zero-order chi connectivity index (χ0) is 20.8. The van der Waals surface area contributed by atoms with Gasteiger partial charge in [0.15, 0.2) is 0 Å². The highest BCUT2D eigenvalue weighted by molar-refractivity contribution is 5.94. The van der Waals surface area contributed by atoms with Crippen LogP contribution in [0.1, 0.15) is 71.1 Å². The molecule has 4 rings (SSSR count). The summed E-state index contributed by atoms with van der Waals surface area (Å²) in [4.78, 5) is 17.5. The number of hydrogen-bond donors (Lipinski definition) is 1. The minimum Gasteiger partial charge on any atom is -0.375 e. The van der Waals surface area contributed by atoms with Gasteiger partial charge < -0.3 is 15.0 Å². The third kappa shape index (κ3) is 5.76. The lowest BCUT2D eigenvalue weighted by molar-refractivity contribution is -0.122. The van der Waals surface area contributed by atoms with Gasteiger partial charge in [0.25, 0.3) is 0 Å². The molecule has 1 aromatic rings. The van der Waals surface area contributed by atoms with Crippen LogP contribution in [-0.4, -0.2) is 55.2 Å². The number of hydrogen-bond acceptors (Lipinski definition) is 4. The fourth-order valence-electron chi connectivity index (χ4n) is 5.19. The molecule has 1 N–H and O–H groups in total. The lowest BCUT2D eigenvalue weighted by Gasteiger charge is -2.37. The summed E-state index contributed by atoms with van der Waals surface area (Å²) in [5.41, 5.74) is 2.16. The fourth-order valence-corrected chi connectivity index (χ4v) is 5.19. The van der Waals surface area contributed by atoms with Crippen LogP contribution in [0, 0.1) is 0 Å². The van der Waals surface area contributed by atoms with Gasteiger partial charge in [-0.1, -0.05) is 19.3 Å². The maximum atomic E-state index is 12.8. The molecule has 0 spiro atoms. The number of likely N-dealkylation sites (tertiary alicyclic amines) is 1. The van der Waals surface area contributed by atoms with Crippen molar-refractivity contribution in [2.24, 2.45) is 0 Å². The van der Waals surface area contributed by atoms with E-state index in [9.17, 15) is 4.79 Å². The first kappa shape index (κ1) is 21.6. The first-order chi connectivity index (χ1) is 14.7. The van der Waals surface area contributed by atoms with Crippen LogP contribution in [0.4, 0.5) is 11.4 Å². The SMILES string of the molecule is CC(C(=O)Nc1ccc(N2CCCCC2)cc1)N1CCC(OC2CCCCC2)CC1. The van der Waals surface area contributed by atoms with Gasteiger partial charge in [-0.05, 0) is 76.1 Å². The van der Waals surface area contributed by atoms with Gasteiger partial charge in [-0.3, -0.25) is 9.69 Å². The van der Waals surface area contributed by atoms with Crippen LogP contribution in [0.25, 0.3) is 0 Å². The van der Waals surface area contributed by atoms with E-state index in [1.165, 1.54) is 57.1 Å². The average Bonchev–Trinajstić information content (AvgIpc) is 2.81. The van der Waals surface area contributed by atoms with Gasteiger partial charge in [0.2, 0.25) is 5.91 Å². The van der Waals surface area contributed by atoms with E-state index in [0.29, 0.717) is 12.2 Å². The maximum absolute atomic E-state index is 12.8. The van der Waals surface area contributed by atoms with Gasteiger partial charge >= 0.3 is 0 Å². The largest absolute Gasteiger partial charge is 0.375 e. The van der Waals surface area contributed by atoms with E-state index in [2.05, 4.69) is 27.2 Å². The number of anilines is 2. The molecular weight excluding hydrogens is 374 g/mol. The molecule has 5 nitrogen and oxygen atoms in total. The van der Waals surface area contributed by atoms with Crippen molar-refractivity contribution in [3.05, 3.63) is 24.3 Å². The predicted octanol–water partition coefficient (Wildman–Crippen LogP) is 4.82. The summed E-state index contributed by atoms with van der Waals surface area (Å²) in [6.07, 6.45) is 13.3. The highest BCUT2D eigenvalue weighted by atomic mass is 16.5. The highest BCUT2D eigenvalue weighted by Gasteiger charge is 2.28. The molecule has 1 unspecified atom stereocenters. The summed E-state index contributed by atoms with van der Waals surface area (Å²) in [5.74, 6) is 0.0902. The van der Waals surface area contributed by atoms with Gasteiger partial charge in [0, 0.05) is 37.6 Å². The zero-order valence-electron chi connectivity index (χ0n) is 18.7. The van der Waals surface area contributed by atoms with Crippen molar-refractivity contribution in [1.29, 1.82) is 0 Å². The summed E-state index contributed by atoms with van der Waals surface area (Å²) in [5, 5.41) is 3.12. The molecule has 0 bridgehead atoms. The van der Waals surface area contributed by atoms with Gasteiger partial charge in [-0.15, -0.1) is 0 Å². The predicted molar refractivity (Wildman–Crippen MR) is 123 cm³/mol. The third-order valence-corrected chi connectivity index (χ3v) is 7.20. The lowest BCUT2D eigenvalue weighted by atomic mass is 9.97. The minimum absolute atomic E-state index is 0.0902. The van der Waals surface area contributed by atoms with Gasteiger partial charge in [-0.25, -0.2) is 0 Å². The minimum atomic E-state index is -0.109. The number of amides is 1. The quantitative estimate of drug-likeness (QED) is 0.726. The Morgan fingerprint density at radius 2 is 1.47 bits per heavy atom. The van der Waals surface area contributed by atoms with Gasteiger partial charge in [-0.2, -0.15) is 0 Å². The van der Waals surface area contributed by atoms with E-state index < -0.39 is 0 Å². The third-order valence-electron chi connectivity index (χ3n) is 7.20. The molecule has 1 amide bonds. The Morgan fingerprint density at radius 3 is 2.13 bits per heavy atom. The summed E-state index contributed by atoms with van der Waals surface area (Å²) < 4.78 is 6.35. The number of piperidine rings is 2. The Bertz CT molecular complexity index is 657. The Hall–Kier alpha value is -1.59. The van der Waals surface area contributed by atoms with Crippen molar-refractivity contribution in [3.8, 4) is 0 Å². The van der Waals surface area contributed by atoms with Crippen molar-refractivity contribution in [3.63, 3.8) is 0 Å². The topological polar surface area (TPSA) is 44.8 Å². The number of rotatable bonds is 6. The molecule has 2 aliphatic heterocycles. The maximum Gasteiger partial charge on any atom is 0.241 e. The molecule has 166 valence electrons. The first-order valence-corrected chi connectivity index (χ1v) is 12.2. The second kappa shape index (κ2) is 10.6. The molecule has 1 aliphatic carbocycles. The molecule has 1 saturated carbocycles. The van der Waals surface area contributed by atoms with Gasteiger partial charge in [0.05, 0.1) is 18.2 Å². The number of carbonyl (C=O) groups excluding carboxylic acids is 1. The second-order valence-corrected chi connectivity index (χ2v) is 9.39. The number of carbonyl (C=O) groups is 1. The lowest BCUT2D eigenvalue weighted by Crippen LogP contribution is -2.47. The Labute approximate surface area is 182 Å². The van der Waals surface area contributed by atoms with Crippen molar-refractivity contribution in [2.45, 2.75) is 89.4 Å². The highest BCUT2D eigenvalue weighted by Crippen LogP contribution is 2.26. The van der Waals surface area contributed by atoms with Crippen LogP contribution in [-0.2, 0) is 9.53 Å². The molecule has 5 heteroatoms. The van der Waals surface area contributed by atoms with Gasteiger partial charge in [0.1, 0.15) is 0 Å². The van der Waals surface area contributed by atoms with Crippen LogP contribution in [0.3, 0.4) is 0 Å². The molecule has 30 heavy (non-hydrogen) atoms. The molecule has 2 heterocycles. The van der Waals surface area contributed by atoms with E-state index in [4.69, 9.17) is 4.74 Å².